The van der Waals surface area contributed by atoms with Crippen molar-refractivity contribution in [1.82, 2.24) is 0 Å². The average molecular weight is 393 g/mol. The lowest BCUT2D eigenvalue weighted by molar-refractivity contribution is 0.293. The molecule has 0 aliphatic carbocycles. The predicted octanol–water partition coefficient (Wildman–Crippen LogP) is 5.31. The van der Waals surface area contributed by atoms with E-state index in [1.807, 2.05) is 12.1 Å². The number of rotatable bonds is 7. The van der Waals surface area contributed by atoms with Crippen LogP contribution in [0.3, 0.4) is 0 Å². The van der Waals surface area contributed by atoms with Crippen LogP contribution in [-0.4, -0.2) is 20.3 Å². The van der Waals surface area contributed by atoms with Crippen LogP contribution in [0.25, 0.3) is 0 Å². The van der Waals surface area contributed by atoms with Crippen molar-refractivity contribution < 1.29 is 4.43 Å². The standard InChI is InChI=1S/C21H26Cl2OSi/c1-17(22)20(23)15-16-24-25(21(2,3)4,18-11-7-5-8-12-18)19-13-9-6-10-14-19/h5-14,20H,1,15-16H2,2-4H3. The third kappa shape index (κ3) is 4.56. The van der Waals surface area contributed by atoms with Crippen molar-refractivity contribution in [2.24, 2.45) is 0 Å². The third-order valence-corrected chi connectivity index (χ3v) is 10.3. The van der Waals surface area contributed by atoms with Gasteiger partial charge in [0, 0.05) is 11.6 Å². The molecular weight excluding hydrogens is 367 g/mol. The van der Waals surface area contributed by atoms with Gasteiger partial charge in [0.05, 0.1) is 5.38 Å². The molecule has 1 unspecified atom stereocenters. The number of allylic oxidation sites excluding steroid dienone is 1. The second-order valence-corrected chi connectivity index (χ2v) is 12.5. The summed E-state index contributed by atoms with van der Waals surface area (Å²) in [5.41, 5.74) is 0. The van der Waals surface area contributed by atoms with Gasteiger partial charge in [-0.25, -0.2) is 0 Å². The Balaban J connectivity index is 2.47. The molecule has 0 saturated carbocycles. The summed E-state index contributed by atoms with van der Waals surface area (Å²) in [7, 11) is -2.48. The van der Waals surface area contributed by atoms with Crippen LogP contribution in [0.4, 0.5) is 0 Å². The van der Waals surface area contributed by atoms with E-state index in [0.717, 1.165) is 0 Å². The number of benzene rings is 2. The van der Waals surface area contributed by atoms with Gasteiger partial charge in [-0.2, -0.15) is 0 Å². The largest absolute Gasteiger partial charge is 0.407 e. The van der Waals surface area contributed by atoms with Gasteiger partial charge >= 0.3 is 0 Å². The highest BCUT2D eigenvalue weighted by Gasteiger charge is 2.50. The van der Waals surface area contributed by atoms with Crippen molar-refractivity contribution in [2.75, 3.05) is 6.61 Å². The van der Waals surface area contributed by atoms with Crippen molar-refractivity contribution in [3.05, 3.63) is 72.3 Å². The van der Waals surface area contributed by atoms with Gasteiger partial charge in [0.25, 0.3) is 8.32 Å². The first-order valence-electron chi connectivity index (χ1n) is 8.52. The molecule has 4 heteroatoms. The van der Waals surface area contributed by atoms with Crippen LogP contribution in [-0.2, 0) is 4.43 Å². The summed E-state index contributed by atoms with van der Waals surface area (Å²) in [5, 5.41) is 2.69. The van der Waals surface area contributed by atoms with E-state index in [4.69, 9.17) is 27.6 Å². The fraction of sp³-hybridized carbons (Fsp3) is 0.333. The fourth-order valence-electron chi connectivity index (χ4n) is 3.23. The molecule has 0 bridgehead atoms. The molecule has 0 amide bonds. The highest BCUT2D eigenvalue weighted by molar-refractivity contribution is 6.99. The Morgan fingerprint density at radius 1 is 1.00 bits per heavy atom. The lowest BCUT2D eigenvalue weighted by Gasteiger charge is -2.43. The Hall–Kier alpha value is -1.06. The van der Waals surface area contributed by atoms with Crippen LogP contribution in [0, 0.1) is 0 Å². The van der Waals surface area contributed by atoms with Gasteiger partial charge in [-0.1, -0.05) is 99.6 Å². The lowest BCUT2D eigenvalue weighted by Crippen LogP contribution is -2.66. The molecule has 0 spiro atoms. The Kier molecular flexibility index (Phi) is 6.92. The van der Waals surface area contributed by atoms with Gasteiger partial charge in [0.1, 0.15) is 0 Å². The van der Waals surface area contributed by atoms with E-state index in [-0.39, 0.29) is 10.4 Å². The van der Waals surface area contributed by atoms with Gasteiger partial charge in [-0.15, -0.1) is 11.6 Å². The van der Waals surface area contributed by atoms with Crippen LogP contribution in [0.1, 0.15) is 27.2 Å². The summed E-state index contributed by atoms with van der Waals surface area (Å²) < 4.78 is 6.74. The topological polar surface area (TPSA) is 9.23 Å². The van der Waals surface area contributed by atoms with Gasteiger partial charge in [-0.3, -0.25) is 0 Å². The number of hydrogen-bond acceptors (Lipinski definition) is 1. The molecule has 134 valence electrons. The summed E-state index contributed by atoms with van der Waals surface area (Å²) in [6.45, 7) is 11.1. The molecule has 0 aromatic heterocycles. The Bertz CT molecular complexity index is 641. The molecule has 25 heavy (non-hydrogen) atoms. The minimum atomic E-state index is -2.48. The maximum absolute atomic E-state index is 6.74. The van der Waals surface area contributed by atoms with Crippen molar-refractivity contribution in [2.45, 2.75) is 37.6 Å². The number of hydrogen-bond donors (Lipinski definition) is 0. The Morgan fingerprint density at radius 2 is 1.44 bits per heavy atom. The molecule has 0 heterocycles. The average Bonchev–Trinajstić information content (AvgIpc) is 2.59. The van der Waals surface area contributed by atoms with Gasteiger partial charge in [0.2, 0.25) is 0 Å². The molecule has 0 radical (unpaired) electrons. The van der Waals surface area contributed by atoms with Gasteiger partial charge in [-0.05, 0) is 21.8 Å². The quantitative estimate of drug-likeness (QED) is 0.457. The fourth-order valence-corrected chi connectivity index (χ4v) is 8.01. The Morgan fingerprint density at radius 3 is 1.80 bits per heavy atom. The molecule has 0 N–H and O–H groups in total. The van der Waals surface area contributed by atoms with E-state index in [1.54, 1.807) is 0 Å². The van der Waals surface area contributed by atoms with E-state index in [1.165, 1.54) is 10.4 Å². The molecular formula is C21H26Cl2OSi. The van der Waals surface area contributed by atoms with Gasteiger partial charge in [0.15, 0.2) is 0 Å². The van der Waals surface area contributed by atoms with Crippen molar-refractivity contribution in [3.8, 4) is 0 Å². The second-order valence-electron chi connectivity index (χ2n) is 7.21. The monoisotopic (exact) mass is 392 g/mol. The highest BCUT2D eigenvalue weighted by Crippen LogP contribution is 2.37. The van der Waals surface area contributed by atoms with Gasteiger partial charge < -0.3 is 4.43 Å². The predicted molar refractivity (Wildman–Crippen MR) is 113 cm³/mol. The molecule has 2 aromatic carbocycles. The maximum Gasteiger partial charge on any atom is 0.261 e. The summed E-state index contributed by atoms with van der Waals surface area (Å²) in [4.78, 5) is 0. The van der Waals surface area contributed by atoms with E-state index in [9.17, 15) is 0 Å². The third-order valence-electron chi connectivity index (χ3n) is 4.45. The van der Waals surface area contributed by atoms with Crippen molar-refractivity contribution in [1.29, 1.82) is 0 Å². The van der Waals surface area contributed by atoms with Crippen LogP contribution in [0.5, 0.6) is 0 Å². The highest BCUT2D eigenvalue weighted by atomic mass is 35.5. The minimum Gasteiger partial charge on any atom is -0.407 e. The van der Waals surface area contributed by atoms with Crippen molar-refractivity contribution >= 4 is 41.9 Å². The molecule has 0 fully saturated rings. The Labute approximate surface area is 162 Å². The zero-order valence-corrected chi connectivity index (χ0v) is 17.6. The first kappa shape index (κ1) is 20.3. The molecule has 1 nitrogen and oxygen atoms in total. The van der Waals surface area contributed by atoms with Crippen LogP contribution in [0.15, 0.2) is 72.3 Å². The van der Waals surface area contributed by atoms with E-state index in [0.29, 0.717) is 18.1 Å². The van der Waals surface area contributed by atoms with Crippen molar-refractivity contribution in [3.63, 3.8) is 0 Å². The van der Waals surface area contributed by atoms with E-state index in [2.05, 4.69) is 75.9 Å². The van der Waals surface area contributed by atoms with E-state index < -0.39 is 8.32 Å². The number of alkyl halides is 1. The summed E-state index contributed by atoms with van der Waals surface area (Å²) in [6.07, 6.45) is 0.647. The summed E-state index contributed by atoms with van der Waals surface area (Å²) in [6, 6.07) is 21.2. The van der Waals surface area contributed by atoms with E-state index >= 15 is 0 Å². The smallest absolute Gasteiger partial charge is 0.261 e. The lowest BCUT2D eigenvalue weighted by atomic mass is 10.2. The molecule has 0 aliphatic heterocycles. The van der Waals surface area contributed by atoms with Crippen LogP contribution < -0.4 is 10.4 Å². The summed E-state index contributed by atoms with van der Waals surface area (Å²) in [5.74, 6) is 0. The van der Waals surface area contributed by atoms with Crippen LogP contribution >= 0.6 is 23.2 Å². The first-order valence-corrected chi connectivity index (χ1v) is 11.2. The molecule has 0 saturated heterocycles. The zero-order chi connectivity index (χ0) is 18.5. The van der Waals surface area contributed by atoms with Crippen LogP contribution in [0.2, 0.25) is 5.04 Å². The molecule has 2 rings (SSSR count). The molecule has 1 atom stereocenters. The summed E-state index contributed by atoms with van der Waals surface area (Å²) >= 11 is 12.2. The SMILES string of the molecule is C=C(Cl)C(Cl)CCO[Si](c1ccccc1)(c1ccccc1)C(C)(C)C. The zero-order valence-electron chi connectivity index (χ0n) is 15.1. The second kappa shape index (κ2) is 8.55. The minimum absolute atomic E-state index is 0.0323. The first-order chi connectivity index (χ1) is 11.8. The normalized spacial score (nSPS) is 13.5. The molecule has 0 aliphatic rings. The maximum atomic E-state index is 6.74. The number of halogens is 2. The molecule has 2 aromatic rings.